The predicted octanol–water partition coefficient (Wildman–Crippen LogP) is 4.56. The molecule has 0 radical (unpaired) electrons. The topological polar surface area (TPSA) is 40.6 Å². The van der Waals surface area contributed by atoms with Crippen molar-refractivity contribution in [3.8, 4) is 0 Å². The van der Waals surface area contributed by atoms with Crippen LogP contribution in [0, 0.1) is 11.8 Å². The van der Waals surface area contributed by atoms with E-state index in [-0.39, 0.29) is 28.9 Å². The third kappa shape index (κ3) is 5.47. The van der Waals surface area contributed by atoms with Gasteiger partial charge in [-0.1, -0.05) is 26.0 Å². The number of hydrogen-bond donors (Lipinski definition) is 0. The molecule has 2 heterocycles. The maximum absolute atomic E-state index is 13.1. The van der Waals surface area contributed by atoms with Crippen LogP contribution in [-0.4, -0.2) is 47.0 Å². The van der Waals surface area contributed by atoms with Crippen LogP contribution in [0.25, 0.3) is 0 Å². The van der Waals surface area contributed by atoms with Crippen molar-refractivity contribution in [1.29, 1.82) is 0 Å². The highest BCUT2D eigenvalue weighted by Gasteiger charge is 2.37. The van der Waals surface area contributed by atoms with Gasteiger partial charge in [0.1, 0.15) is 5.37 Å². The van der Waals surface area contributed by atoms with Gasteiger partial charge in [0.2, 0.25) is 11.8 Å². The summed E-state index contributed by atoms with van der Waals surface area (Å²) >= 11 is 1.38. The molecule has 2 aliphatic heterocycles. The molecule has 3 rings (SSSR count). The molecule has 0 aromatic heterocycles. The van der Waals surface area contributed by atoms with Gasteiger partial charge in [0.15, 0.2) is 0 Å². The average molecular weight is 429 g/mol. The zero-order valence-corrected chi connectivity index (χ0v) is 17.6. The molecule has 0 spiro atoms. The van der Waals surface area contributed by atoms with Crippen LogP contribution in [0.3, 0.4) is 0 Å². The minimum atomic E-state index is -4.40. The van der Waals surface area contributed by atoms with E-state index in [9.17, 15) is 22.8 Å². The largest absolute Gasteiger partial charge is 0.416 e. The van der Waals surface area contributed by atoms with Crippen molar-refractivity contribution in [2.45, 2.75) is 44.7 Å². The molecule has 2 amide bonds. The number of nitrogens with zero attached hydrogens (tertiary/aromatic N) is 2. The van der Waals surface area contributed by atoms with Crippen LogP contribution in [0.15, 0.2) is 24.3 Å². The number of carbonyl (C=O) groups excluding carboxylic acids is 2. The number of likely N-dealkylation sites (tertiary alicyclic amines) is 1. The molecule has 1 unspecified atom stereocenters. The Kier molecular flexibility index (Phi) is 6.81. The number of carbonyl (C=O) groups is 2. The smallest absolute Gasteiger partial charge is 0.343 e. The fraction of sp³-hybridized carbons (Fsp3) is 0.619. The number of halogens is 3. The van der Waals surface area contributed by atoms with Crippen LogP contribution in [-0.2, 0) is 15.8 Å². The molecule has 0 bridgehead atoms. The van der Waals surface area contributed by atoms with E-state index >= 15 is 0 Å². The molecular formula is C21H27F3N2O2S. The maximum atomic E-state index is 13.1. The molecule has 1 aromatic carbocycles. The van der Waals surface area contributed by atoms with Crippen molar-refractivity contribution in [3.63, 3.8) is 0 Å². The standard InChI is InChI=1S/C21H27F3N2O2S/c1-14(2)10-18(27)25-8-6-15(7-9-25)12-26-19(28)13-29-20(26)16-4-3-5-17(11-16)21(22,23)24/h3-5,11,14-15,20H,6-10,12-13H2,1-2H3. The van der Waals surface area contributed by atoms with Crippen LogP contribution in [0.4, 0.5) is 13.2 Å². The summed E-state index contributed by atoms with van der Waals surface area (Å²) < 4.78 is 39.2. The predicted molar refractivity (Wildman–Crippen MR) is 107 cm³/mol. The lowest BCUT2D eigenvalue weighted by Gasteiger charge is -2.35. The van der Waals surface area contributed by atoms with E-state index in [2.05, 4.69) is 0 Å². The summed E-state index contributed by atoms with van der Waals surface area (Å²) in [5, 5.41) is -0.384. The second kappa shape index (κ2) is 8.98. The van der Waals surface area contributed by atoms with Crippen molar-refractivity contribution in [3.05, 3.63) is 35.4 Å². The molecule has 0 N–H and O–H groups in total. The molecule has 2 saturated heterocycles. The molecule has 1 aromatic rings. The Morgan fingerprint density at radius 3 is 2.55 bits per heavy atom. The molecule has 1 atom stereocenters. The Labute approximate surface area is 173 Å². The quantitative estimate of drug-likeness (QED) is 0.690. The third-order valence-corrected chi connectivity index (χ3v) is 6.73. The molecule has 29 heavy (non-hydrogen) atoms. The molecule has 8 heteroatoms. The maximum Gasteiger partial charge on any atom is 0.416 e. The van der Waals surface area contributed by atoms with Gasteiger partial charge in [0.05, 0.1) is 11.3 Å². The lowest BCUT2D eigenvalue weighted by Crippen LogP contribution is -2.42. The monoisotopic (exact) mass is 428 g/mol. The van der Waals surface area contributed by atoms with Gasteiger partial charge in [-0.25, -0.2) is 0 Å². The fourth-order valence-corrected chi connectivity index (χ4v) is 5.11. The van der Waals surface area contributed by atoms with Gasteiger partial charge in [-0.05, 0) is 42.4 Å². The SMILES string of the molecule is CC(C)CC(=O)N1CCC(CN2C(=O)CSC2c2cccc(C(F)(F)F)c2)CC1. The van der Waals surface area contributed by atoms with Crippen LogP contribution in [0.1, 0.15) is 49.6 Å². The molecular weight excluding hydrogens is 401 g/mol. The molecule has 0 aliphatic carbocycles. The average Bonchev–Trinajstić information content (AvgIpc) is 3.02. The highest BCUT2D eigenvalue weighted by Crippen LogP contribution is 2.41. The first-order valence-electron chi connectivity index (χ1n) is 10.0. The number of rotatable bonds is 5. The van der Waals surface area contributed by atoms with Gasteiger partial charge in [-0.15, -0.1) is 11.8 Å². The van der Waals surface area contributed by atoms with E-state index in [1.807, 2.05) is 18.7 Å². The zero-order chi connectivity index (χ0) is 21.2. The van der Waals surface area contributed by atoms with E-state index in [1.165, 1.54) is 17.8 Å². The lowest BCUT2D eigenvalue weighted by atomic mass is 9.95. The van der Waals surface area contributed by atoms with Crippen LogP contribution < -0.4 is 0 Å². The van der Waals surface area contributed by atoms with Crippen molar-refractivity contribution >= 4 is 23.6 Å². The minimum Gasteiger partial charge on any atom is -0.343 e. The highest BCUT2D eigenvalue weighted by molar-refractivity contribution is 8.00. The number of hydrogen-bond acceptors (Lipinski definition) is 3. The van der Waals surface area contributed by atoms with Crippen molar-refractivity contribution in [1.82, 2.24) is 9.80 Å². The van der Waals surface area contributed by atoms with E-state index in [4.69, 9.17) is 0 Å². The molecule has 2 fully saturated rings. The van der Waals surface area contributed by atoms with E-state index in [0.29, 0.717) is 37.5 Å². The third-order valence-electron chi connectivity index (χ3n) is 5.47. The van der Waals surface area contributed by atoms with E-state index in [1.54, 1.807) is 11.0 Å². The molecule has 2 aliphatic rings. The van der Waals surface area contributed by atoms with Crippen LogP contribution in [0.5, 0.6) is 0 Å². The Morgan fingerprint density at radius 2 is 1.93 bits per heavy atom. The van der Waals surface area contributed by atoms with Gasteiger partial charge in [-0.2, -0.15) is 13.2 Å². The second-order valence-electron chi connectivity index (χ2n) is 8.25. The molecule has 4 nitrogen and oxygen atoms in total. The number of thioether (sulfide) groups is 1. The first-order valence-corrected chi connectivity index (χ1v) is 11.1. The van der Waals surface area contributed by atoms with Gasteiger partial charge in [-0.3, -0.25) is 9.59 Å². The van der Waals surface area contributed by atoms with Crippen LogP contribution >= 0.6 is 11.8 Å². The fourth-order valence-electron chi connectivity index (χ4n) is 3.92. The molecule has 0 saturated carbocycles. The van der Waals surface area contributed by atoms with Crippen molar-refractivity contribution in [2.24, 2.45) is 11.8 Å². The van der Waals surface area contributed by atoms with E-state index < -0.39 is 11.7 Å². The number of piperidine rings is 1. The van der Waals surface area contributed by atoms with Gasteiger partial charge in [0.25, 0.3) is 0 Å². The van der Waals surface area contributed by atoms with Gasteiger partial charge >= 0.3 is 6.18 Å². The molecule has 160 valence electrons. The Bertz CT molecular complexity index is 746. The van der Waals surface area contributed by atoms with Crippen molar-refractivity contribution < 1.29 is 22.8 Å². The minimum absolute atomic E-state index is 0.0317. The summed E-state index contributed by atoms with van der Waals surface area (Å²) in [5.41, 5.74) is -0.174. The number of amides is 2. The highest BCUT2D eigenvalue weighted by atomic mass is 32.2. The summed E-state index contributed by atoms with van der Waals surface area (Å²) in [7, 11) is 0. The first-order chi connectivity index (χ1) is 13.6. The van der Waals surface area contributed by atoms with Gasteiger partial charge in [0, 0.05) is 26.1 Å². The summed E-state index contributed by atoms with van der Waals surface area (Å²) in [6.07, 6.45) is -2.23. The number of benzene rings is 1. The van der Waals surface area contributed by atoms with E-state index in [0.717, 1.165) is 25.0 Å². The van der Waals surface area contributed by atoms with Gasteiger partial charge < -0.3 is 9.80 Å². The van der Waals surface area contributed by atoms with Crippen molar-refractivity contribution in [2.75, 3.05) is 25.4 Å². The first kappa shape index (κ1) is 22.0. The normalized spacial score (nSPS) is 21.3. The Balaban J connectivity index is 1.63. The Hall–Kier alpha value is -1.70. The zero-order valence-electron chi connectivity index (χ0n) is 16.7. The Morgan fingerprint density at radius 1 is 1.24 bits per heavy atom. The summed E-state index contributed by atoms with van der Waals surface area (Å²) in [4.78, 5) is 28.3. The summed E-state index contributed by atoms with van der Waals surface area (Å²) in [6.45, 7) is 5.93. The van der Waals surface area contributed by atoms with Crippen LogP contribution in [0.2, 0.25) is 0 Å². The number of alkyl halides is 3. The second-order valence-corrected chi connectivity index (χ2v) is 9.32. The summed E-state index contributed by atoms with van der Waals surface area (Å²) in [6, 6.07) is 5.26. The summed E-state index contributed by atoms with van der Waals surface area (Å²) in [5.74, 6) is 1.01. The lowest BCUT2D eigenvalue weighted by molar-refractivity contribution is -0.137.